The van der Waals surface area contributed by atoms with Crippen molar-refractivity contribution in [2.75, 3.05) is 0 Å². The highest BCUT2D eigenvalue weighted by molar-refractivity contribution is 7.21. The molecule has 0 saturated carbocycles. The standard InChI is InChI=1S/C38H24N4S/c1-2-11-33-26(6-1)7-4-12-34(33)27-15-17-28(18-16-27)35-36-38(41-24-40-35)43-37(42-36)29-19-13-25(14-20-29)30-8-3-9-31(22-30)32-10-5-21-39-23-32/h1-24H. The number of thiazole rings is 1. The summed E-state index contributed by atoms with van der Waals surface area (Å²) in [5, 5.41) is 3.42. The van der Waals surface area contributed by atoms with E-state index in [0.29, 0.717) is 0 Å². The van der Waals surface area contributed by atoms with Gasteiger partial charge in [0.2, 0.25) is 0 Å². The Hall–Kier alpha value is -5.52. The van der Waals surface area contributed by atoms with Crippen molar-refractivity contribution >= 4 is 32.5 Å². The van der Waals surface area contributed by atoms with E-state index in [9.17, 15) is 0 Å². The van der Waals surface area contributed by atoms with E-state index in [1.54, 1.807) is 23.9 Å². The van der Waals surface area contributed by atoms with Crippen molar-refractivity contribution in [3.63, 3.8) is 0 Å². The lowest BCUT2D eigenvalue weighted by Crippen LogP contribution is -1.88. The second-order valence-electron chi connectivity index (χ2n) is 10.4. The molecule has 0 aliphatic carbocycles. The summed E-state index contributed by atoms with van der Waals surface area (Å²) in [4.78, 5) is 19.4. The van der Waals surface area contributed by atoms with Crippen molar-refractivity contribution in [3.05, 3.63) is 146 Å². The maximum Gasteiger partial charge on any atom is 0.147 e. The molecular formula is C38H24N4S. The monoisotopic (exact) mass is 568 g/mol. The minimum absolute atomic E-state index is 0.827. The van der Waals surface area contributed by atoms with E-state index in [2.05, 4.69) is 136 Å². The van der Waals surface area contributed by atoms with Crippen LogP contribution in [0.3, 0.4) is 0 Å². The first kappa shape index (κ1) is 25.2. The van der Waals surface area contributed by atoms with E-state index in [0.717, 1.165) is 54.4 Å². The summed E-state index contributed by atoms with van der Waals surface area (Å²) in [5.41, 5.74) is 10.7. The van der Waals surface area contributed by atoms with E-state index in [-0.39, 0.29) is 0 Å². The highest BCUT2D eigenvalue weighted by Gasteiger charge is 2.14. The van der Waals surface area contributed by atoms with Gasteiger partial charge in [-0.25, -0.2) is 15.0 Å². The zero-order valence-electron chi connectivity index (χ0n) is 23.1. The molecule has 0 amide bonds. The van der Waals surface area contributed by atoms with Crippen molar-refractivity contribution in [2.24, 2.45) is 0 Å². The van der Waals surface area contributed by atoms with Crippen molar-refractivity contribution in [3.8, 4) is 55.2 Å². The smallest absolute Gasteiger partial charge is 0.147 e. The molecule has 43 heavy (non-hydrogen) atoms. The molecule has 0 N–H and O–H groups in total. The number of fused-ring (bicyclic) bond motifs is 2. The first-order valence-corrected chi connectivity index (χ1v) is 14.9. The Morgan fingerprint density at radius 1 is 0.512 bits per heavy atom. The van der Waals surface area contributed by atoms with Gasteiger partial charge in [0.05, 0.1) is 0 Å². The molecule has 3 aromatic heterocycles. The summed E-state index contributed by atoms with van der Waals surface area (Å²) >= 11 is 1.59. The van der Waals surface area contributed by atoms with Crippen LogP contribution in [0.1, 0.15) is 0 Å². The number of benzene rings is 5. The predicted octanol–water partition coefficient (Wildman–Crippen LogP) is 9.97. The molecule has 0 fully saturated rings. The van der Waals surface area contributed by atoms with E-state index >= 15 is 0 Å². The van der Waals surface area contributed by atoms with Gasteiger partial charge < -0.3 is 0 Å². The lowest BCUT2D eigenvalue weighted by Gasteiger charge is -2.08. The van der Waals surface area contributed by atoms with Gasteiger partial charge in [-0.15, -0.1) is 0 Å². The molecular weight excluding hydrogens is 545 g/mol. The number of rotatable bonds is 5. The number of nitrogens with zero attached hydrogens (tertiary/aromatic N) is 4. The van der Waals surface area contributed by atoms with Gasteiger partial charge in [-0.3, -0.25) is 4.98 Å². The van der Waals surface area contributed by atoms with Gasteiger partial charge in [-0.05, 0) is 50.7 Å². The Morgan fingerprint density at radius 3 is 2.05 bits per heavy atom. The molecule has 5 heteroatoms. The lowest BCUT2D eigenvalue weighted by molar-refractivity contribution is 1.22. The SMILES string of the molecule is c1cncc(-c2cccc(-c3ccc(-c4nc5c(-c6ccc(-c7cccc8ccccc78)cc6)ncnc5s4)cc3)c2)c1. The van der Waals surface area contributed by atoms with Crippen LogP contribution < -0.4 is 0 Å². The summed E-state index contributed by atoms with van der Waals surface area (Å²) in [7, 11) is 0. The molecule has 0 unspecified atom stereocenters. The highest BCUT2D eigenvalue weighted by atomic mass is 32.1. The Kier molecular flexibility index (Phi) is 6.28. The van der Waals surface area contributed by atoms with Crippen LogP contribution >= 0.6 is 11.3 Å². The Bertz CT molecular complexity index is 2220. The van der Waals surface area contributed by atoms with Gasteiger partial charge in [0, 0.05) is 29.1 Å². The second-order valence-corrected chi connectivity index (χ2v) is 11.4. The van der Waals surface area contributed by atoms with Crippen molar-refractivity contribution < 1.29 is 0 Å². The molecule has 0 aliphatic rings. The molecule has 8 rings (SSSR count). The van der Waals surface area contributed by atoms with Crippen LogP contribution in [0.25, 0.3) is 76.3 Å². The Labute approximate surface area is 253 Å². The Morgan fingerprint density at radius 2 is 1.21 bits per heavy atom. The van der Waals surface area contributed by atoms with Gasteiger partial charge in [0.1, 0.15) is 27.4 Å². The van der Waals surface area contributed by atoms with Crippen LogP contribution in [0, 0.1) is 0 Å². The fraction of sp³-hybridized carbons (Fsp3) is 0. The summed E-state index contributed by atoms with van der Waals surface area (Å²) in [6, 6.07) is 44.7. The first-order valence-electron chi connectivity index (χ1n) is 14.1. The van der Waals surface area contributed by atoms with Crippen LogP contribution in [0.15, 0.2) is 146 Å². The minimum Gasteiger partial charge on any atom is -0.264 e. The number of pyridine rings is 1. The normalized spacial score (nSPS) is 11.3. The van der Waals surface area contributed by atoms with Crippen LogP contribution in [0.4, 0.5) is 0 Å². The van der Waals surface area contributed by atoms with Crippen LogP contribution in [-0.2, 0) is 0 Å². The molecule has 202 valence electrons. The fourth-order valence-corrected chi connectivity index (χ4v) is 6.50. The average molecular weight is 569 g/mol. The van der Waals surface area contributed by atoms with Gasteiger partial charge in [-0.1, -0.05) is 127 Å². The summed E-state index contributed by atoms with van der Waals surface area (Å²) in [5.74, 6) is 0. The molecule has 0 aliphatic heterocycles. The average Bonchev–Trinajstić information content (AvgIpc) is 3.54. The molecule has 8 aromatic rings. The molecule has 0 radical (unpaired) electrons. The molecule has 0 bridgehead atoms. The number of hydrogen-bond donors (Lipinski definition) is 0. The zero-order valence-corrected chi connectivity index (χ0v) is 23.9. The third kappa shape index (κ3) is 4.76. The third-order valence-corrected chi connectivity index (χ3v) is 8.79. The zero-order chi connectivity index (χ0) is 28.6. The van der Waals surface area contributed by atoms with Crippen LogP contribution in [0.5, 0.6) is 0 Å². The van der Waals surface area contributed by atoms with Crippen molar-refractivity contribution in [1.82, 2.24) is 19.9 Å². The molecule has 0 atom stereocenters. The third-order valence-electron chi connectivity index (χ3n) is 7.78. The quantitative estimate of drug-likeness (QED) is 0.207. The van der Waals surface area contributed by atoms with Crippen molar-refractivity contribution in [1.29, 1.82) is 0 Å². The van der Waals surface area contributed by atoms with E-state index in [1.807, 2.05) is 12.3 Å². The summed E-state index contributed by atoms with van der Waals surface area (Å²) in [6.07, 6.45) is 5.33. The molecule has 0 saturated heterocycles. The summed E-state index contributed by atoms with van der Waals surface area (Å²) in [6.45, 7) is 0. The molecule has 4 nitrogen and oxygen atoms in total. The minimum atomic E-state index is 0.827. The summed E-state index contributed by atoms with van der Waals surface area (Å²) < 4.78 is 0. The maximum absolute atomic E-state index is 5.02. The second kappa shape index (κ2) is 10.7. The van der Waals surface area contributed by atoms with Gasteiger partial charge in [0.25, 0.3) is 0 Å². The van der Waals surface area contributed by atoms with E-state index < -0.39 is 0 Å². The maximum atomic E-state index is 5.02. The number of hydrogen-bond acceptors (Lipinski definition) is 5. The van der Waals surface area contributed by atoms with Gasteiger partial charge >= 0.3 is 0 Å². The number of aromatic nitrogens is 4. The van der Waals surface area contributed by atoms with Crippen LogP contribution in [0.2, 0.25) is 0 Å². The fourth-order valence-electron chi connectivity index (χ4n) is 5.59. The molecule has 0 spiro atoms. The van der Waals surface area contributed by atoms with Gasteiger partial charge in [0.15, 0.2) is 0 Å². The van der Waals surface area contributed by atoms with Crippen LogP contribution in [-0.4, -0.2) is 19.9 Å². The van der Waals surface area contributed by atoms with Gasteiger partial charge in [-0.2, -0.15) is 0 Å². The Balaban J connectivity index is 1.10. The largest absolute Gasteiger partial charge is 0.264 e. The van der Waals surface area contributed by atoms with E-state index in [4.69, 9.17) is 4.98 Å². The first-order chi connectivity index (χ1) is 21.3. The lowest BCUT2D eigenvalue weighted by atomic mass is 9.97. The molecule has 5 aromatic carbocycles. The predicted molar refractivity (Wildman–Crippen MR) is 178 cm³/mol. The van der Waals surface area contributed by atoms with E-state index in [1.165, 1.54) is 21.9 Å². The highest BCUT2D eigenvalue weighted by Crippen LogP contribution is 2.36. The topological polar surface area (TPSA) is 51.6 Å². The molecule has 3 heterocycles. The van der Waals surface area contributed by atoms with Crippen molar-refractivity contribution in [2.45, 2.75) is 0 Å².